The molecule has 18 heavy (non-hydrogen) atoms. The Bertz CT molecular complexity index is 365. The smallest absolute Gasteiger partial charge is 0.232 e. The van der Waals surface area contributed by atoms with E-state index in [1.165, 1.54) is 11.4 Å². The van der Waals surface area contributed by atoms with E-state index in [1.807, 2.05) is 0 Å². The number of hydrogen-bond donors (Lipinski definition) is 2. The van der Waals surface area contributed by atoms with Gasteiger partial charge in [-0.1, -0.05) is 0 Å². The summed E-state index contributed by atoms with van der Waals surface area (Å²) in [6.45, 7) is 1.46. The fourth-order valence-corrected chi connectivity index (χ4v) is 3.67. The highest BCUT2D eigenvalue weighted by molar-refractivity contribution is 7.89. The van der Waals surface area contributed by atoms with E-state index in [2.05, 4.69) is 5.32 Å². The molecule has 1 saturated heterocycles. The molecule has 3 N–H and O–H groups in total. The summed E-state index contributed by atoms with van der Waals surface area (Å²) < 4.78 is 30.4. The second-order valence-electron chi connectivity index (χ2n) is 4.32. The minimum absolute atomic E-state index is 0.0232. The lowest BCUT2D eigenvalue weighted by molar-refractivity contribution is -0.118. The maximum Gasteiger partial charge on any atom is 0.232 e. The zero-order valence-electron chi connectivity index (χ0n) is 10.6. The number of hydrogen-bond acceptors (Lipinski definition) is 5. The van der Waals surface area contributed by atoms with Crippen LogP contribution in [0.3, 0.4) is 0 Å². The summed E-state index contributed by atoms with van der Waals surface area (Å²) in [6.07, 6.45) is 1.12. The van der Waals surface area contributed by atoms with Crippen molar-refractivity contribution in [1.29, 1.82) is 0 Å². The van der Waals surface area contributed by atoms with Gasteiger partial charge in [0.15, 0.2) is 0 Å². The van der Waals surface area contributed by atoms with Gasteiger partial charge in [0, 0.05) is 26.3 Å². The van der Waals surface area contributed by atoms with E-state index in [-0.39, 0.29) is 18.3 Å². The molecule has 0 aromatic heterocycles. The quantitative estimate of drug-likeness (QED) is 0.527. The Hall–Kier alpha value is -0.700. The van der Waals surface area contributed by atoms with Gasteiger partial charge in [0.2, 0.25) is 15.9 Å². The van der Waals surface area contributed by atoms with Crippen LogP contribution in [0.2, 0.25) is 0 Å². The van der Waals surface area contributed by atoms with Crippen LogP contribution in [0.25, 0.3) is 0 Å². The van der Waals surface area contributed by atoms with E-state index in [0.29, 0.717) is 26.0 Å². The maximum absolute atomic E-state index is 12.2. The van der Waals surface area contributed by atoms with Crippen LogP contribution in [0.1, 0.15) is 12.8 Å². The number of sulfonamides is 1. The molecule has 7 nitrogen and oxygen atoms in total. The molecule has 1 rings (SSSR count). The van der Waals surface area contributed by atoms with Crippen molar-refractivity contribution in [2.75, 3.05) is 39.1 Å². The Labute approximate surface area is 108 Å². The molecule has 106 valence electrons. The third kappa shape index (κ3) is 4.52. The predicted octanol–water partition coefficient (Wildman–Crippen LogP) is -1.50. The Balaban J connectivity index is 2.70. The molecule has 0 saturated carbocycles. The van der Waals surface area contributed by atoms with Crippen LogP contribution in [0, 0.1) is 0 Å². The summed E-state index contributed by atoms with van der Waals surface area (Å²) >= 11 is 0. The van der Waals surface area contributed by atoms with Gasteiger partial charge in [0.05, 0.1) is 12.3 Å². The van der Waals surface area contributed by atoms with Gasteiger partial charge >= 0.3 is 0 Å². The first-order valence-electron chi connectivity index (χ1n) is 5.95. The van der Waals surface area contributed by atoms with Gasteiger partial charge in [0.1, 0.15) is 0 Å². The minimum atomic E-state index is -3.46. The van der Waals surface area contributed by atoms with Gasteiger partial charge in [-0.2, -0.15) is 4.31 Å². The number of nitrogens with two attached hydrogens (primary N) is 1. The fourth-order valence-electron chi connectivity index (χ4n) is 2.00. The molecule has 0 spiro atoms. The van der Waals surface area contributed by atoms with E-state index in [0.717, 1.165) is 6.54 Å². The Morgan fingerprint density at radius 1 is 1.56 bits per heavy atom. The lowest BCUT2D eigenvalue weighted by Crippen LogP contribution is -2.47. The Kier molecular flexibility index (Phi) is 6.00. The van der Waals surface area contributed by atoms with Gasteiger partial charge in [-0.25, -0.2) is 8.42 Å². The van der Waals surface area contributed by atoms with Crippen molar-refractivity contribution >= 4 is 15.9 Å². The van der Waals surface area contributed by atoms with Crippen molar-refractivity contribution in [1.82, 2.24) is 9.62 Å². The summed E-state index contributed by atoms with van der Waals surface area (Å²) in [5, 5.41) is 3.08. The predicted molar refractivity (Wildman–Crippen MR) is 67.5 cm³/mol. The molecule has 0 aliphatic carbocycles. The molecule has 0 bridgehead atoms. The normalized spacial score (nSPS) is 20.4. The highest BCUT2D eigenvalue weighted by Gasteiger charge is 2.32. The lowest BCUT2D eigenvalue weighted by atomic mass is 10.2. The first-order valence-corrected chi connectivity index (χ1v) is 7.56. The average molecular weight is 279 g/mol. The number of carbonyl (C=O) groups is 1. The van der Waals surface area contributed by atoms with Crippen LogP contribution in [0.4, 0.5) is 0 Å². The number of nitrogens with zero attached hydrogens (tertiary/aromatic N) is 1. The minimum Gasteiger partial charge on any atom is -0.385 e. The maximum atomic E-state index is 12.2. The third-order valence-corrected chi connectivity index (χ3v) is 4.81. The largest absolute Gasteiger partial charge is 0.385 e. The molecule has 1 amide bonds. The molecule has 1 aliphatic rings. The van der Waals surface area contributed by atoms with E-state index in [1.54, 1.807) is 0 Å². The first kappa shape index (κ1) is 15.4. The van der Waals surface area contributed by atoms with Crippen molar-refractivity contribution in [2.45, 2.75) is 18.9 Å². The number of ether oxygens (including phenoxy) is 1. The molecule has 1 aliphatic heterocycles. The lowest BCUT2D eigenvalue weighted by Gasteiger charge is -2.26. The van der Waals surface area contributed by atoms with Crippen LogP contribution in [0.5, 0.6) is 0 Å². The van der Waals surface area contributed by atoms with Crippen LogP contribution < -0.4 is 11.1 Å². The van der Waals surface area contributed by atoms with E-state index < -0.39 is 15.9 Å². The third-order valence-electron chi connectivity index (χ3n) is 2.86. The number of carbonyl (C=O) groups excluding carboxylic acids is 1. The second-order valence-corrected chi connectivity index (χ2v) is 6.36. The van der Waals surface area contributed by atoms with Gasteiger partial charge in [-0.15, -0.1) is 0 Å². The highest BCUT2D eigenvalue weighted by Crippen LogP contribution is 2.14. The topological polar surface area (TPSA) is 102 Å². The molecule has 1 fully saturated rings. The van der Waals surface area contributed by atoms with Crippen molar-refractivity contribution in [3.05, 3.63) is 0 Å². The number of methoxy groups -OCH3 is 1. The SMILES string of the molecule is COCCCS(=O)(=O)N(CC(N)=O)C1CCNC1. The van der Waals surface area contributed by atoms with Crippen LogP contribution in [-0.4, -0.2) is 63.8 Å². The van der Waals surface area contributed by atoms with Crippen LogP contribution >= 0.6 is 0 Å². The van der Waals surface area contributed by atoms with Crippen molar-refractivity contribution in [3.8, 4) is 0 Å². The molecule has 1 heterocycles. The summed E-state index contributed by atoms with van der Waals surface area (Å²) in [7, 11) is -1.94. The molecular weight excluding hydrogens is 258 g/mol. The zero-order valence-corrected chi connectivity index (χ0v) is 11.4. The number of amides is 1. The number of nitrogens with one attached hydrogen (secondary N) is 1. The molecule has 8 heteroatoms. The summed E-state index contributed by atoms with van der Waals surface area (Å²) in [4.78, 5) is 11.0. The van der Waals surface area contributed by atoms with E-state index in [9.17, 15) is 13.2 Å². The summed E-state index contributed by atoms with van der Waals surface area (Å²) in [5.74, 6) is -0.651. The Morgan fingerprint density at radius 3 is 2.78 bits per heavy atom. The van der Waals surface area contributed by atoms with Crippen molar-refractivity contribution in [3.63, 3.8) is 0 Å². The van der Waals surface area contributed by atoms with Crippen LogP contribution in [0.15, 0.2) is 0 Å². The van der Waals surface area contributed by atoms with Gasteiger partial charge in [0.25, 0.3) is 0 Å². The standard InChI is InChI=1S/C10H21N3O4S/c1-17-5-2-6-18(15,16)13(8-10(11)14)9-3-4-12-7-9/h9,12H,2-8H2,1H3,(H2,11,14). The van der Waals surface area contributed by atoms with Gasteiger partial charge in [-0.3, -0.25) is 4.79 Å². The molecule has 0 aromatic carbocycles. The molecular formula is C10H21N3O4S. The average Bonchev–Trinajstić information content (AvgIpc) is 2.78. The van der Waals surface area contributed by atoms with Crippen molar-refractivity contribution < 1.29 is 17.9 Å². The number of primary amides is 1. The summed E-state index contributed by atoms with van der Waals surface area (Å²) in [6, 6.07) is -0.176. The fraction of sp³-hybridized carbons (Fsp3) is 0.900. The molecule has 1 atom stereocenters. The molecule has 1 unspecified atom stereocenters. The first-order chi connectivity index (χ1) is 8.47. The van der Waals surface area contributed by atoms with E-state index in [4.69, 9.17) is 10.5 Å². The van der Waals surface area contributed by atoms with E-state index >= 15 is 0 Å². The highest BCUT2D eigenvalue weighted by atomic mass is 32.2. The van der Waals surface area contributed by atoms with Gasteiger partial charge < -0.3 is 15.8 Å². The Morgan fingerprint density at radius 2 is 2.28 bits per heavy atom. The van der Waals surface area contributed by atoms with Gasteiger partial charge in [-0.05, 0) is 19.4 Å². The molecule has 0 radical (unpaired) electrons. The molecule has 0 aromatic rings. The summed E-state index contributed by atoms with van der Waals surface area (Å²) in [5.41, 5.74) is 5.12. The second kappa shape index (κ2) is 7.03. The van der Waals surface area contributed by atoms with Crippen LogP contribution in [-0.2, 0) is 19.6 Å². The number of rotatable bonds is 8. The zero-order chi connectivity index (χ0) is 13.6. The van der Waals surface area contributed by atoms with Crippen molar-refractivity contribution in [2.24, 2.45) is 5.73 Å². The monoisotopic (exact) mass is 279 g/mol.